The number of halogens is 3. The summed E-state index contributed by atoms with van der Waals surface area (Å²) in [4.78, 5) is 23.8. The number of para-hydroxylation sites is 1. The molecule has 0 radical (unpaired) electrons. The largest absolute Gasteiger partial charge is 0.405 e. The Hall–Kier alpha value is -3.23. The van der Waals surface area contributed by atoms with Crippen molar-refractivity contribution in [2.45, 2.75) is 6.18 Å². The van der Waals surface area contributed by atoms with E-state index in [0.717, 1.165) is 10.9 Å². The maximum atomic E-state index is 12.8. The van der Waals surface area contributed by atoms with Crippen LogP contribution in [0.2, 0.25) is 0 Å². The van der Waals surface area contributed by atoms with Gasteiger partial charge in [0.05, 0.1) is 5.69 Å². The zero-order valence-corrected chi connectivity index (χ0v) is 15.5. The summed E-state index contributed by atoms with van der Waals surface area (Å²) in [6, 6.07) is 12.7. The number of carbonyl (C=O) groups is 1. The van der Waals surface area contributed by atoms with Crippen LogP contribution in [0, 0.1) is 0 Å². The summed E-state index contributed by atoms with van der Waals surface area (Å²) in [5, 5.41) is 3.39. The fourth-order valence-electron chi connectivity index (χ4n) is 3.46. The fourth-order valence-corrected chi connectivity index (χ4v) is 3.46. The van der Waals surface area contributed by atoms with Gasteiger partial charge in [-0.1, -0.05) is 18.2 Å². The zero-order valence-electron chi connectivity index (χ0n) is 15.5. The number of fused-ring (bicyclic) bond motifs is 1. The number of anilines is 2. The third-order valence-corrected chi connectivity index (χ3v) is 4.89. The molecular formula is C20H20F3N5O. The molecule has 6 nitrogen and oxygen atoms in total. The van der Waals surface area contributed by atoms with Crippen LogP contribution in [-0.2, 0) is 0 Å². The molecule has 1 aliphatic rings. The highest BCUT2D eigenvalue weighted by Gasteiger charge is 2.29. The second-order valence-electron chi connectivity index (χ2n) is 6.89. The molecule has 0 aliphatic carbocycles. The predicted molar refractivity (Wildman–Crippen MR) is 105 cm³/mol. The van der Waals surface area contributed by atoms with Crippen molar-refractivity contribution in [3.8, 4) is 0 Å². The Labute approximate surface area is 165 Å². The monoisotopic (exact) mass is 403 g/mol. The number of hydrogen-bond acceptors (Lipinski definition) is 4. The molecule has 1 aromatic carbocycles. The van der Waals surface area contributed by atoms with Crippen molar-refractivity contribution in [1.82, 2.24) is 14.9 Å². The number of rotatable bonds is 4. The minimum Gasteiger partial charge on any atom is -0.373 e. The first-order valence-corrected chi connectivity index (χ1v) is 9.28. The Balaban J connectivity index is 1.42. The molecule has 1 amide bonds. The molecule has 2 aromatic heterocycles. The molecule has 0 atom stereocenters. The van der Waals surface area contributed by atoms with Gasteiger partial charge in [0.2, 0.25) is 0 Å². The number of alkyl halides is 3. The molecule has 1 fully saturated rings. The van der Waals surface area contributed by atoms with Crippen LogP contribution < -0.4 is 10.2 Å². The van der Waals surface area contributed by atoms with Crippen LogP contribution >= 0.6 is 0 Å². The third kappa shape index (κ3) is 4.28. The quantitative estimate of drug-likeness (QED) is 0.700. The van der Waals surface area contributed by atoms with Gasteiger partial charge in [0.25, 0.3) is 5.91 Å². The number of aromatic nitrogens is 2. The first-order valence-electron chi connectivity index (χ1n) is 9.28. The van der Waals surface area contributed by atoms with Crippen molar-refractivity contribution in [1.29, 1.82) is 0 Å². The second-order valence-corrected chi connectivity index (χ2v) is 6.89. The van der Waals surface area contributed by atoms with Crippen molar-refractivity contribution in [3.05, 3.63) is 54.4 Å². The lowest BCUT2D eigenvalue weighted by molar-refractivity contribution is -0.115. The first-order chi connectivity index (χ1) is 13.9. The smallest absolute Gasteiger partial charge is 0.373 e. The van der Waals surface area contributed by atoms with Gasteiger partial charge >= 0.3 is 6.18 Å². The Morgan fingerprint density at radius 3 is 2.59 bits per heavy atom. The highest BCUT2D eigenvalue weighted by atomic mass is 19.4. The molecule has 4 rings (SSSR count). The van der Waals surface area contributed by atoms with Crippen molar-refractivity contribution in [2.75, 3.05) is 42.9 Å². The molecule has 1 aliphatic heterocycles. The fraction of sp³-hybridized carbons (Fsp3) is 0.300. The summed E-state index contributed by atoms with van der Waals surface area (Å²) < 4.78 is 37.6. The second kappa shape index (κ2) is 7.65. The third-order valence-electron chi connectivity index (χ3n) is 4.89. The van der Waals surface area contributed by atoms with E-state index in [-0.39, 0.29) is 5.91 Å². The molecule has 0 unspecified atom stereocenters. The number of pyridine rings is 1. The molecule has 1 saturated heterocycles. The minimum absolute atomic E-state index is 0.0858. The lowest BCUT2D eigenvalue weighted by Crippen LogP contribution is -2.49. The summed E-state index contributed by atoms with van der Waals surface area (Å²) in [6.07, 6.45) is -2.76. The molecule has 2 N–H and O–H groups in total. The topological polar surface area (TPSA) is 64.3 Å². The number of aromatic amines is 1. The Morgan fingerprint density at radius 2 is 1.86 bits per heavy atom. The van der Waals surface area contributed by atoms with Crippen LogP contribution in [0.4, 0.5) is 24.7 Å². The van der Waals surface area contributed by atoms with Crippen molar-refractivity contribution in [2.24, 2.45) is 0 Å². The van der Waals surface area contributed by atoms with E-state index in [1.54, 1.807) is 23.2 Å². The van der Waals surface area contributed by atoms with Gasteiger partial charge in [-0.15, -0.1) is 0 Å². The highest BCUT2D eigenvalue weighted by Crippen LogP contribution is 2.26. The van der Waals surface area contributed by atoms with Crippen molar-refractivity contribution in [3.63, 3.8) is 0 Å². The van der Waals surface area contributed by atoms with Crippen LogP contribution in [-0.4, -0.2) is 59.7 Å². The SMILES string of the molecule is O=C(c1cc2ccccc2[nH]1)N1CCN(c2ncccc2NCC(F)(F)F)CC1. The summed E-state index contributed by atoms with van der Waals surface area (Å²) in [5.74, 6) is 0.381. The average molecular weight is 403 g/mol. The van der Waals surface area contributed by atoms with Gasteiger partial charge < -0.3 is 20.1 Å². The highest BCUT2D eigenvalue weighted by molar-refractivity contribution is 5.98. The lowest BCUT2D eigenvalue weighted by Gasteiger charge is -2.36. The van der Waals surface area contributed by atoms with Gasteiger partial charge in [0.1, 0.15) is 12.2 Å². The molecule has 3 heterocycles. The van der Waals surface area contributed by atoms with Crippen molar-refractivity contribution >= 4 is 28.3 Å². The predicted octanol–water partition coefficient (Wildman–Crippen LogP) is 3.50. The molecule has 152 valence electrons. The van der Waals surface area contributed by atoms with Gasteiger partial charge in [0, 0.05) is 43.3 Å². The van der Waals surface area contributed by atoms with E-state index in [0.29, 0.717) is 43.4 Å². The van der Waals surface area contributed by atoms with Gasteiger partial charge in [-0.25, -0.2) is 4.98 Å². The standard InChI is InChI=1S/C20H20F3N5O/c21-20(22,23)13-25-16-6-3-7-24-18(16)27-8-10-28(11-9-27)19(29)17-12-14-4-1-2-5-15(14)26-17/h1-7,12,25-26H,8-11,13H2. The summed E-state index contributed by atoms with van der Waals surface area (Å²) >= 11 is 0. The van der Waals surface area contributed by atoms with Crippen LogP contribution in [0.15, 0.2) is 48.7 Å². The normalized spacial score (nSPS) is 15.0. The Kier molecular flexibility index (Phi) is 5.04. The van der Waals surface area contributed by atoms with Gasteiger partial charge in [0.15, 0.2) is 5.82 Å². The lowest BCUT2D eigenvalue weighted by atomic mass is 10.2. The Morgan fingerprint density at radius 1 is 1.10 bits per heavy atom. The molecule has 0 spiro atoms. The van der Waals surface area contributed by atoms with Crippen LogP contribution in [0.1, 0.15) is 10.5 Å². The average Bonchev–Trinajstić information content (AvgIpc) is 3.16. The van der Waals surface area contributed by atoms with Gasteiger partial charge in [-0.2, -0.15) is 13.2 Å². The van der Waals surface area contributed by atoms with E-state index in [1.165, 1.54) is 0 Å². The summed E-state index contributed by atoms with van der Waals surface area (Å²) in [5.41, 5.74) is 1.77. The van der Waals surface area contributed by atoms with E-state index in [2.05, 4.69) is 15.3 Å². The van der Waals surface area contributed by atoms with E-state index in [1.807, 2.05) is 35.2 Å². The van der Waals surface area contributed by atoms with E-state index in [4.69, 9.17) is 0 Å². The molecular weight excluding hydrogens is 383 g/mol. The minimum atomic E-state index is -4.31. The molecule has 3 aromatic rings. The molecule has 9 heteroatoms. The maximum Gasteiger partial charge on any atom is 0.405 e. The molecule has 0 bridgehead atoms. The number of hydrogen-bond donors (Lipinski definition) is 2. The summed E-state index contributed by atoms with van der Waals surface area (Å²) in [6.45, 7) is 0.783. The van der Waals surface area contributed by atoms with Crippen LogP contribution in [0.5, 0.6) is 0 Å². The van der Waals surface area contributed by atoms with E-state index < -0.39 is 12.7 Å². The number of nitrogens with one attached hydrogen (secondary N) is 2. The zero-order chi connectivity index (χ0) is 20.4. The number of benzene rings is 1. The van der Waals surface area contributed by atoms with Crippen LogP contribution in [0.25, 0.3) is 10.9 Å². The number of H-pyrrole nitrogens is 1. The number of nitrogens with zero attached hydrogens (tertiary/aromatic N) is 3. The Bertz CT molecular complexity index is 976. The maximum absolute atomic E-state index is 12.8. The number of amides is 1. The van der Waals surface area contributed by atoms with E-state index in [9.17, 15) is 18.0 Å². The molecule has 29 heavy (non-hydrogen) atoms. The van der Waals surface area contributed by atoms with Crippen molar-refractivity contribution < 1.29 is 18.0 Å². The van der Waals surface area contributed by atoms with Gasteiger partial charge in [-0.3, -0.25) is 4.79 Å². The number of carbonyl (C=O) groups excluding carboxylic acids is 1. The van der Waals surface area contributed by atoms with E-state index >= 15 is 0 Å². The van der Waals surface area contributed by atoms with Crippen LogP contribution in [0.3, 0.4) is 0 Å². The first kappa shape index (κ1) is 19.1. The summed E-state index contributed by atoms with van der Waals surface area (Å²) in [7, 11) is 0. The number of piperazine rings is 1. The van der Waals surface area contributed by atoms with Gasteiger partial charge in [-0.05, 0) is 24.3 Å². The molecule has 0 saturated carbocycles.